The Morgan fingerprint density at radius 1 is 1.08 bits per heavy atom. The average Bonchev–Trinajstić information content (AvgIpc) is 2.03. The highest BCUT2D eigenvalue weighted by atomic mass is 16.3. The topological polar surface area (TPSA) is 40.5 Å². The summed E-state index contributed by atoms with van der Waals surface area (Å²) in [4.78, 5) is 0. The van der Waals surface area contributed by atoms with Crippen LogP contribution in [0.1, 0.15) is 25.0 Å². The Labute approximate surface area is 72.5 Å². The van der Waals surface area contributed by atoms with Gasteiger partial charge in [0.2, 0.25) is 0 Å². The first-order valence-electron chi connectivity index (χ1n) is 4.22. The molecule has 12 heavy (non-hydrogen) atoms. The maximum Gasteiger partial charge on any atom is 0.122 e. The zero-order valence-electron chi connectivity index (χ0n) is 7.46. The molecule has 0 bridgehead atoms. The fourth-order valence-corrected chi connectivity index (χ4v) is 1.42. The van der Waals surface area contributed by atoms with Crippen molar-refractivity contribution >= 4 is 0 Å². The van der Waals surface area contributed by atoms with E-state index in [1.807, 2.05) is 13.8 Å². The summed E-state index contributed by atoms with van der Waals surface area (Å²) in [6.07, 6.45) is 1.64. The van der Waals surface area contributed by atoms with E-state index in [9.17, 15) is 10.2 Å². The number of phenolic OH excluding ortho intramolecular Hbond substituents is 2. The molecular weight excluding hydrogens is 152 g/mol. The van der Waals surface area contributed by atoms with E-state index in [-0.39, 0.29) is 11.5 Å². The predicted molar refractivity (Wildman–Crippen MR) is 48.5 cm³/mol. The predicted octanol–water partition coefficient (Wildman–Crippen LogP) is 2.22. The van der Waals surface area contributed by atoms with Crippen molar-refractivity contribution in [2.75, 3.05) is 0 Å². The second-order valence-electron chi connectivity index (χ2n) is 2.81. The van der Waals surface area contributed by atoms with Gasteiger partial charge in [-0.15, -0.1) is 0 Å². The lowest BCUT2D eigenvalue weighted by Gasteiger charge is -2.08. The standard InChI is InChI=1S/C10H14O2/c1-3-7-5-8(11)6-10(12)9(7)4-2/h5-6,11-12H,3-4H2,1-2H3. The van der Waals surface area contributed by atoms with Gasteiger partial charge in [-0.2, -0.15) is 0 Å². The highest BCUT2D eigenvalue weighted by molar-refractivity contribution is 5.45. The molecular formula is C10H14O2. The molecule has 66 valence electrons. The molecule has 0 radical (unpaired) electrons. The third kappa shape index (κ3) is 1.52. The number of hydrogen-bond acceptors (Lipinski definition) is 2. The maximum atomic E-state index is 9.44. The van der Waals surface area contributed by atoms with E-state index < -0.39 is 0 Å². The molecule has 2 nitrogen and oxygen atoms in total. The van der Waals surface area contributed by atoms with Gasteiger partial charge in [0, 0.05) is 6.07 Å². The second-order valence-corrected chi connectivity index (χ2v) is 2.81. The first kappa shape index (κ1) is 8.91. The Kier molecular flexibility index (Phi) is 2.58. The smallest absolute Gasteiger partial charge is 0.122 e. The summed E-state index contributed by atoms with van der Waals surface area (Å²) in [5.41, 5.74) is 1.96. The summed E-state index contributed by atoms with van der Waals surface area (Å²) in [7, 11) is 0. The average molecular weight is 166 g/mol. The van der Waals surface area contributed by atoms with Crippen LogP contribution in [0.4, 0.5) is 0 Å². The van der Waals surface area contributed by atoms with Crippen molar-refractivity contribution in [1.29, 1.82) is 0 Å². The molecule has 0 unspecified atom stereocenters. The minimum absolute atomic E-state index is 0.140. The van der Waals surface area contributed by atoms with Crippen molar-refractivity contribution in [3.63, 3.8) is 0 Å². The van der Waals surface area contributed by atoms with E-state index >= 15 is 0 Å². The van der Waals surface area contributed by atoms with E-state index in [0.717, 1.165) is 24.0 Å². The van der Waals surface area contributed by atoms with Crippen molar-refractivity contribution in [2.45, 2.75) is 26.7 Å². The number of hydrogen-bond donors (Lipinski definition) is 2. The molecule has 0 atom stereocenters. The monoisotopic (exact) mass is 166 g/mol. The highest BCUT2D eigenvalue weighted by Gasteiger charge is 2.06. The first-order chi connectivity index (χ1) is 5.69. The third-order valence-electron chi connectivity index (χ3n) is 2.04. The molecule has 0 aromatic heterocycles. The summed E-state index contributed by atoms with van der Waals surface area (Å²) in [5.74, 6) is 0.343. The van der Waals surface area contributed by atoms with Gasteiger partial charge >= 0.3 is 0 Å². The quantitative estimate of drug-likeness (QED) is 0.707. The highest BCUT2D eigenvalue weighted by Crippen LogP contribution is 2.27. The van der Waals surface area contributed by atoms with E-state index in [2.05, 4.69) is 0 Å². The molecule has 2 N–H and O–H groups in total. The zero-order valence-corrected chi connectivity index (χ0v) is 7.46. The second kappa shape index (κ2) is 3.48. The van der Waals surface area contributed by atoms with Crippen molar-refractivity contribution < 1.29 is 10.2 Å². The first-order valence-corrected chi connectivity index (χ1v) is 4.22. The number of benzene rings is 1. The molecule has 0 spiro atoms. The van der Waals surface area contributed by atoms with Crippen LogP contribution < -0.4 is 0 Å². The maximum absolute atomic E-state index is 9.44. The molecule has 0 aliphatic heterocycles. The molecule has 0 saturated carbocycles. The summed E-state index contributed by atoms with van der Waals surface area (Å²) in [6.45, 7) is 4.00. The van der Waals surface area contributed by atoms with Crippen LogP contribution in [0, 0.1) is 0 Å². The van der Waals surface area contributed by atoms with Crippen LogP contribution in [0.2, 0.25) is 0 Å². The molecule has 0 aliphatic carbocycles. The van der Waals surface area contributed by atoms with Gasteiger partial charge < -0.3 is 10.2 Å². The van der Waals surface area contributed by atoms with Crippen molar-refractivity contribution in [3.8, 4) is 11.5 Å². The third-order valence-corrected chi connectivity index (χ3v) is 2.04. The van der Waals surface area contributed by atoms with Gasteiger partial charge in [0.05, 0.1) is 0 Å². The summed E-state index contributed by atoms with van der Waals surface area (Å²) >= 11 is 0. The lowest BCUT2D eigenvalue weighted by atomic mass is 10.0. The fourth-order valence-electron chi connectivity index (χ4n) is 1.42. The van der Waals surface area contributed by atoms with Crippen LogP contribution in [0.5, 0.6) is 11.5 Å². The lowest BCUT2D eigenvalue weighted by Crippen LogP contribution is -1.90. The van der Waals surface area contributed by atoms with E-state index in [1.165, 1.54) is 6.07 Å². The Balaban J connectivity index is 3.24. The number of rotatable bonds is 2. The van der Waals surface area contributed by atoms with Crippen LogP contribution >= 0.6 is 0 Å². The summed E-state index contributed by atoms with van der Waals surface area (Å²) in [6, 6.07) is 3.09. The molecule has 0 heterocycles. The Bertz CT molecular complexity index is 279. The normalized spacial score (nSPS) is 10.2. The van der Waals surface area contributed by atoms with Crippen molar-refractivity contribution in [3.05, 3.63) is 23.3 Å². The van der Waals surface area contributed by atoms with Crippen LogP contribution in [-0.4, -0.2) is 10.2 Å². The molecule has 1 aromatic rings. The van der Waals surface area contributed by atoms with Crippen LogP contribution in [0.15, 0.2) is 12.1 Å². The van der Waals surface area contributed by atoms with E-state index in [0.29, 0.717) is 0 Å². The van der Waals surface area contributed by atoms with Crippen molar-refractivity contribution in [1.82, 2.24) is 0 Å². The molecule has 0 amide bonds. The molecule has 0 aliphatic rings. The van der Waals surface area contributed by atoms with Crippen LogP contribution in [0.25, 0.3) is 0 Å². The largest absolute Gasteiger partial charge is 0.508 e. The minimum atomic E-state index is 0.140. The Hall–Kier alpha value is -1.18. The van der Waals surface area contributed by atoms with Gasteiger partial charge in [-0.3, -0.25) is 0 Å². The molecule has 1 rings (SSSR count). The lowest BCUT2D eigenvalue weighted by molar-refractivity contribution is 0.445. The Morgan fingerprint density at radius 3 is 2.25 bits per heavy atom. The number of aryl methyl sites for hydroxylation is 1. The van der Waals surface area contributed by atoms with Gasteiger partial charge in [-0.05, 0) is 30.0 Å². The molecule has 0 fully saturated rings. The van der Waals surface area contributed by atoms with Crippen molar-refractivity contribution in [2.24, 2.45) is 0 Å². The molecule has 2 heteroatoms. The van der Waals surface area contributed by atoms with Gasteiger partial charge in [0.1, 0.15) is 11.5 Å². The van der Waals surface area contributed by atoms with Crippen LogP contribution in [-0.2, 0) is 12.8 Å². The van der Waals surface area contributed by atoms with E-state index in [4.69, 9.17) is 0 Å². The fraction of sp³-hybridized carbons (Fsp3) is 0.400. The number of aromatic hydroxyl groups is 2. The summed E-state index contributed by atoms with van der Waals surface area (Å²) in [5, 5.41) is 18.6. The Morgan fingerprint density at radius 2 is 1.75 bits per heavy atom. The summed E-state index contributed by atoms with van der Waals surface area (Å²) < 4.78 is 0. The van der Waals surface area contributed by atoms with Gasteiger partial charge in [0.15, 0.2) is 0 Å². The molecule has 1 aromatic carbocycles. The van der Waals surface area contributed by atoms with Gasteiger partial charge in [-0.25, -0.2) is 0 Å². The zero-order chi connectivity index (χ0) is 9.14. The number of phenols is 2. The van der Waals surface area contributed by atoms with E-state index in [1.54, 1.807) is 6.07 Å². The van der Waals surface area contributed by atoms with Gasteiger partial charge in [-0.1, -0.05) is 13.8 Å². The minimum Gasteiger partial charge on any atom is -0.508 e. The SMILES string of the molecule is CCc1cc(O)cc(O)c1CC. The molecule has 0 saturated heterocycles. The van der Waals surface area contributed by atoms with Crippen LogP contribution in [0.3, 0.4) is 0 Å². The van der Waals surface area contributed by atoms with Gasteiger partial charge in [0.25, 0.3) is 0 Å².